The van der Waals surface area contributed by atoms with Crippen LogP contribution in [0.3, 0.4) is 0 Å². The van der Waals surface area contributed by atoms with E-state index in [1.165, 1.54) is 0 Å². The van der Waals surface area contributed by atoms with Gasteiger partial charge < -0.3 is 9.64 Å². The first kappa shape index (κ1) is 11.5. The second-order valence-electron chi connectivity index (χ2n) is 4.15. The number of carbonyl (C=O) groups excluding carboxylic acids is 1. The number of rotatable bonds is 3. The zero-order chi connectivity index (χ0) is 12.3. The number of hydrogen-bond donors (Lipinski definition) is 0. The van der Waals surface area contributed by atoms with Crippen LogP contribution >= 0.6 is 0 Å². The predicted molar refractivity (Wildman–Crippen MR) is 62.1 cm³/mol. The van der Waals surface area contributed by atoms with Crippen molar-refractivity contribution in [2.75, 3.05) is 13.7 Å². The lowest BCUT2D eigenvalue weighted by Crippen LogP contribution is -2.24. The molecule has 1 atom stereocenters. The highest BCUT2D eigenvalue weighted by Gasteiger charge is 2.29. The average Bonchev–Trinajstić information content (AvgIpc) is 2.71. The van der Waals surface area contributed by atoms with E-state index in [0.717, 1.165) is 11.3 Å². The number of nitriles is 1. The number of ether oxygens (including phenoxy) is 1. The summed E-state index contributed by atoms with van der Waals surface area (Å²) >= 11 is 0. The van der Waals surface area contributed by atoms with Crippen LogP contribution in [-0.4, -0.2) is 24.5 Å². The van der Waals surface area contributed by atoms with E-state index >= 15 is 0 Å². The molecule has 0 radical (unpaired) electrons. The van der Waals surface area contributed by atoms with Crippen molar-refractivity contribution in [1.82, 2.24) is 4.90 Å². The van der Waals surface area contributed by atoms with Crippen LogP contribution in [0.2, 0.25) is 0 Å². The van der Waals surface area contributed by atoms with Crippen molar-refractivity contribution in [1.29, 1.82) is 5.26 Å². The third-order valence-electron chi connectivity index (χ3n) is 2.93. The molecule has 88 valence electrons. The molecule has 1 fully saturated rings. The number of amides is 1. The van der Waals surface area contributed by atoms with Gasteiger partial charge in [0.2, 0.25) is 5.91 Å². The summed E-state index contributed by atoms with van der Waals surface area (Å²) in [5.74, 6) is 0.713. The standard InChI is InChI=1S/C13H14N2O2/c1-17-12-4-2-10(3-5-12)8-15-9-11(7-14)6-13(15)16/h2-5,11H,6,8-9H2,1H3/t11-/m1/s1. The maximum atomic E-state index is 11.6. The highest BCUT2D eigenvalue weighted by Crippen LogP contribution is 2.20. The number of likely N-dealkylation sites (tertiary alicyclic amines) is 1. The fourth-order valence-corrected chi connectivity index (χ4v) is 1.96. The molecule has 1 aliphatic heterocycles. The number of methoxy groups -OCH3 is 1. The Labute approximate surface area is 100 Å². The molecule has 0 saturated carbocycles. The first-order chi connectivity index (χ1) is 8.22. The monoisotopic (exact) mass is 230 g/mol. The summed E-state index contributed by atoms with van der Waals surface area (Å²) in [7, 11) is 1.62. The first-order valence-electron chi connectivity index (χ1n) is 5.53. The third-order valence-corrected chi connectivity index (χ3v) is 2.93. The Balaban J connectivity index is 2.01. The van der Waals surface area contributed by atoms with Crippen LogP contribution in [-0.2, 0) is 11.3 Å². The van der Waals surface area contributed by atoms with Gasteiger partial charge in [-0.2, -0.15) is 5.26 Å². The van der Waals surface area contributed by atoms with Gasteiger partial charge in [-0.15, -0.1) is 0 Å². The van der Waals surface area contributed by atoms with E-state index in [0.29, 0.717) is 19.5 Å². The fraction of sp³-hybridized carbons (Fsp3) is 0.385. The van der Waals surface area contributed by atoms with Gasteiger partial charge in [-0.3, -0.25) is 4.79 Å². The molecular formula is C13H14N2O2. The van der Waals surface area contributed by atoms with E-state index in [1.807, 2.05) is 24.3 Å². The molecule has 0 N–H and O–H groups in total. The van der Waals surface area contributed by atoms with Gasteiger partial charge in [-0.05, 0) is 17.7 Å². The van der Waals surface area contributed by atoms with Crippen LogP contribution in [0.25, 0.3) is 0 Å². The lowest BCUT2D eigenvalue weighted by Gasteiger charge is -2.15. The summed E-state index contributed by atoms with van der Waals surface area (Å²) in [6.07, 6.45) is 0.354. The second kappa shape index (κ2) is 4.88. The van der Waals surface area contributed by atoms with Crippen LogP contribution in [0, 0.1) is 17.2 Å². The minimum Gasteiger partial charge on any atom is -0.497 e. The van der Waals surface area contributed by atoms with Gasteiger partial charge in [0.25, 0.3) is 0 Å². The Morgan fingerprint density at radius 1 is 1.47 bits per heavy atom. The maximum Gasteiger partial charge on any atom is 0.224 e. The Bertz CT molecular complexity index is 447. The highest BCUT2D eigenvalue weighted by molar-refractivity contribution is 5.79. The van der Waals surface area contributed by atoms with Crippen molar-refractivity contribution in [2.45, 2.75) is 13.0 Å². The third kappa shape index (κ3) is 2.56. The van der Waals surface area contributed by atoms with Gasteiger partial charge in [0.05, 0.1) is 19.1 Å². The minimum atomic E-state index is -0.152. The van der Waals surface area contributed by atoms with E-state index in [1.54, 1.807) is 12.0 Å². The Kier molecular flexibility index (Phi) is 3.29. The fourth-order valence-electron chi connectivity index (χ4n) is 1.96. The molecular weight excluding hydrogens is 216 g/mol. The number of nitrogens with zero attached hydrogens (tertiary/aromatic N) is 2. The van der Waals surface area contributed by atoms with E-state index in [9.17, 15) is 4.79 Å². The number of hydrogen-bond acceptors (Lipinski definition) is 3. The van der Waals surface area contributed by atoms with Gasteiger partial charge in [-0.1, -0.05) is 12.1 Å². The molecule has 17 heavy (non-hydrogen) atoms. The normalized spacial score (nSPS) is 19.2. The second-order valence-corrected chi connectivity index (χ2v) is 4.15. The molecule has 0 unspecified atom stereocenters. The van der Waals surface area contributed by atoms with Crippen LogP contribution < -0.4 is 4.74 Å². The summed E-state index contributed by atoms with van der Waals surface area (Å²) in [5.41, 5.74) is 1.05. The maximum absolute atomic E-state index is 11.6. The topological polar surface area (TPSA) is 53.3 Å². The number of benzene rings is 1. The zero-order valence-electron chi connectivity index (χ0n) is 9.72. The van der Waals surface area contributed by atoms with Crippen LogP contribution in [0.1, 0.15) is 12.0 Å². The van der Waals surface area contributed by atoms with E-state index < -0.39 is 0 Å². The first-order valence-corrected chi connectivity index (χ1v) is 5.53. The molecule has 1 amide bonds. The lowest BCUT2D eigenvalue weighted by atomic mass is 10.1. The molecule has 0 bridgehead atoms. The van der Waals surface area contributed by atoms with E-state index in [-0.39, 0.29) is 11.8 Å². The van der Waals surface area contributed by atoms with E-state index in [2.05, 4.69) is 6.07 Å². The van der Waals surface area contributed by atoms with Crippen molar-refractivity contribution in [2.24, 2.45) is 5.92 Å². The summed E-state index contributed by atoms with van der Waals surface area (Å²) < 4.78 is 5.07. The number of carbonyl (C=O) groups is 1. The van der Waals surface area contributed by atoms with Gasteiger partial charge in [0, 0.05) is 19.5 Å². The molecule has 1 aromatic carbocycles. The summed E-state index contributed by atoms with van der Waals surface area (Å²) in [4.78, 5) is 13.4. The quantitative estimate of drug-likeness (QED) is 0.792. The molecule has 4 nitrogen and oxygen atoms in total. The molecule has 1 aliphatic rings. The van der Waals surface area contributed by atoms with E-state index in [4.69, 9.17) is 10.00 Å². The summed E-state index contributed by atoms with van der Waals surface area (Å²) in [5, 5.41) is 8.79. The van der Waals surface area contributed by atoms with Crippen molar-refractivity contribution in [3.63, 3.8) is 0 Å². The molecule has 4 heteroatoms. The molecule has 0 spiro atoms. The van der Waals surface area contributed by atoms with Gasteiger partial charge in [0.15, 0.2) is 0 Å². The van der Waals surface area contributed by atoms with Crippen molar-refractivity contribution in [3.05, 3.63) is 29.8 Å². The minimum absolute atomic E-state index is 0.0624. The summed E-state index contributed by atoms with van der Waals surface area (Å²) in [6, 6.07) is 9.76. The molecule has 1 heterocycles. The smallest absolute Gasteiger partial charge is 0.224 e. The molecule has 0 aliphatic carbocycles. The van der Waals surface area contributed by atoms with Gasteiger partial charge in [0.1, 0.15) is 5.75 Å². The largest absolute Gasteiger partial charge is 0.497 e. The Morgan fingerprint density at radius 2 is 2.18 bits per heavy atom. The van der Waals surface area contributed by atoms with Crippen LogP contribution in [0.15, 0.2) is 24.3 Å². The van der Waals surface area contributed by atoms with Crippen molar-refractivity contribution in [3.8, 4) is 11.8 Å². The molecule has 1 saturated heterocycles. The highest BCUT2D eigenvalue weighted by atomic mass is 16.5. The molecule has 2 rings (SSSR count). The molecule has 1 aromatic rings. The van der Waals surface area contributed by atoms with Gasteiger partial charge >= 0.3 is 0 Å². The molecule has 0 aromatic heterocycles. The van der Waals surface area contributed by atoms with Gasteiger partial charge in [-0.25, -0.2) is 0 Å². The van der Waals surface area contributed by atoms with Crippen LogP contribution in [0.4, 0.5) is 0 Å². The average molecular weight is 230 g/mol. The Hall–Kier alpha value is -2.02. The van der Waals surface area contributed by atoms with Crippen molar-refractivity contribution < 1.29 is 9.53 Å². The predicted octanol–water partition coefficient (Wildman–Crippen LogP) is 1.57. The zero-order valence-corrected chi connectivity index (χ0v) is 9.72. The van der Waals surface area contributed by atoms with Crippen molar-refractivity contribution >= 4 is 5.91 Å². The Morgan fingerprint density at radius 3 is 2.71 bits per heavy atom. The summed E-state index contributed by atoms with van der Waals surface area (Å²) in [6.45, 7) is 1.11. The van der Waals surface area contributed by atoms with Crippen LogP contribution in [0.5, 0.6) is 5.75 Å². The lowest BCUT2D eigenvalue weighted by molar-refractivity contribution is -0.128. The SMILES string of the molecule is COc1ccc(CN2C[C@@H](C#N)CC2=O)cc1.